The minimum Gasteiger partial charge on any atom is -0.491 e. The van der Waals surface area contributed by atoms with Crippen LogP contribution in [0.5, 0.6) is 5.75 Å². The molecule has 0 aromatic heterocycles. The second-order valence-electron chi connectivity index (χ2n) is 2.24. The predicted molar refractivity (Wildman–Crippen MR) is 54.1 cm³/mol. The summed E-state index contributed by atoms with van der Waals surface area (Å²) in [6, 6.07) is 7.21. The third kappa shape index (κ3) is 3.98. The molecule has 0 radical (unpaired) electrons. The van der Waals surface area contributed by atoms with E-state index in [0.717, 1.165) is 5.69 Å². The number of rotatable bonds is 4. The number of anilines is 1. The first kappa shape index (κ1) is 12.0. The van der Waals surface area contributed by atoms with Crippen LogP contribution in [0, 0.1) is 0 Å². The number of hydrogen-bond acceptors (Lipinski definition) is 4. The topological polar surface area (TPSA) is 67.5 Å². The summed E-state index contributed by atoms with van der Waals surface area (Å²) >= 11 is 0. The summed E-state index contributed by atoms with van der Waals surface area (Å²) in [5.41, 5.74) is 3.28. The number of halogens is 1. The van der Waals surface area contributed by atoms with E-state index >= 15 is 0 Å². The Kier molecular flexibility index (Phi) is 6.05. The summed E-state index contributed by atoms with van der Waals surface area (Å²) in [4.78, 5) is 0. The number of aliphatic hydroxyl groups excluding tert-OH is 1. The maximum Gasteiger partial charge on any atom is 0.121 e. The van der Waals surface area contributed by atoms with E-state index < -0.39 is 0 Å². The number of nitrogens with one attached hydrogen (secondary N) is 1. The van der Waals surface area contributed by atoms with Crippen molar-refractivity contribution in [2.45, 2.75) is 0 Å². The van der Waals surface area contributed by atoms with Gasteiger partial charge in [0, 0.05) is 6.07 Å². The van der Waals surface area contributed by atoms with Gasteiger partial charge in [-0.3, -0.25) is 5.84 Å². The molecule has 74 valence electrons. The van der Waals surface area contributed by atoms with Gasteiger partial charge in [0.05, 0.1) is 12.3 Å². The smallest absolute Gasteiger partial charge is 0.121 e. The highest BCUT2D eigenvalue weighted by Gasteiger charge is 1.93. The third-order valence-electron chi connectivity index (χ3n) is 1.36. The van der Waals surface area contributed by atoms with E-state index in [1.165, 1.54) is 0 Å². The lowest BCUT2D eigenvalue weighted by Crippen LogP contribution is -2.07. The molecule has 4 nitrogen and oxygen atoms in total. The zero-order valence-electron chi connectivity index (χ0n) is 7.06. The maximum absolute atomic E-state index is 8.49. The van der Waals surface area contributed by atoms with E-state index in [1.54, 1.807) is 12.1 Å². The molecule has 0 aliphatic heterocycles. The van der Waals surface area contributed by atoms with Crippen LogP contribution < -0.4 is 16.0 Å². The highest BCUT2D eigenvalue weighted by atomic mass is 35.5. The average molecular weight is 205 g/mol. The molecule has 0 bridgehead atoms. The van der Waals surface area contributed by atoms with Gasteiger partial charge < -0.3 is 15.3 Å². The van der Waals surface area contributed by atoms with Gasteiger partial charge in [-0.1, -0.05) is 6.07 Å². The molecule has 1 aromatic rings. The van der Waals surface area contributed by atoms with Crippen LogP contribution in [0.3, 0.4) is 0 Å². The lowest BCUT2D eigenvalue weighted by molar-refractivity contribution is 0.201. The van der Waals surface area contributed by atoms with E-state index in [2.05, 4.69) is 5.43 Å². The Balaban J connectivity index is 0.00000144. The monoisotopic (exact) mass is 204 g/mol. The molecule has 4 N–H and O–H groups in total. The summed E-state index contributed by atoms with van der Waals surface area (Å²) in [5.74, 6) is 5.89. The third-order valence-corrected chi connectivity index (χ3v) is 1.36. The van der Waals surface area contributed by atoms with Crippen molar-refractivity contribution in [3.05, 3.63) is 24.3 Å². The van der Waals surface area contributed by atoms with Crippen LogP contribution in [0.15, 0.2) is 24.3 Å². The Labute approximate surface area is 83.1 Å². The van der Waals surface area contributed by atoms with Crippen molar-refractivity contribution in [1.82, 2.24) is 0 Å². The van der Waals surface area contributed by atoms with Crippen molar-refractivity contribution >= 4 is 18.1 Å². The largest absolute Gasteiger partial charge is 0.491 e. The number of hydrazine groups is 1. The molecule has 1 rings (SSSR count). The van der Waals surface area contributed by atoms with Gasteiger partial charge in [0.15, 0.2) is 0 Å². The maximum atomic E-state index is 8.49. The average Bonchev–Trinajstić information content (AvgIpc) is 2.15. The van der Waals surface area contributed by atoms with E-state index in [9.17, 15) is 0 Å². The first-order chi connectivity index (χ1) is 5.86. The molecule has 0 aliphatic carbocycles. The summed E-state index contributed by atoms with van der Waals surface area (Å²) in [5, 5.41) is 8.49. The number of ether oxygens (including phenoxy) is 1. The molecule has 0 saturated carbocycles. The number of aliphatic hydroxyl groups is 1. The molecule has 0 heterocycles. The Morgan fingerprint density at radius 3 is 2.85 bits per heavy atom. The van der Waals surface area contributed by atoms with Crippen molar-refractivity contribution in [2.24, 2.45) is 5.84 Å². The summed E-state index contributed by atoms with van der Waals surface area (Å²) < 4.78 is 5.15. The predicted octanol–water partition coefficient (Wildman–Crippen LogP) is 0.765. The Bertz CT molecular complexity index is 245. The van der Waals surface area contributed by atoms with E-state index in [1.807, 2.05) is 12.1 Å². The summed E-state index contributed by atoms with van der Waals surface area (Å²) in [6.45, 7) is 0.314. The zero-order valence-corrected chi connectivity index (χ0v) is 7.88. The van der Waals surface area contributed by atoms with Gasteiger partial charge in [-0.2, -0.15) is 0 Å². The second-order valence-corrected chi connectivity index (χ2v) is 2.24. The van der Waals surface area contributed by atoms with Crippen molar-refractivity contribution < 1.29 is 9.84 Å². The molecule has 1 aromatic carbocycles. The molecular formula is C8H13ClN2O2. The van der Waals surface area contributed by atoms with Crippen molar-refractivity contribution in [3.63, 3.8) is 0 Å². The number of hydrogen-bond donors (Lipinski definition) is 3. The van der Waals surface area contributed by atoms with Crippen LogP contribution in [0.1, 0.15) is 0 Å². The lowest BCUT2D eigenvalue weighted by atomic mass is 10.3. The summed E-state index contributed by atoms with van der Waals surface area (Å²) in [6.07, 6.45) is 0. The lowest BCUT2D eigenvalue weighted by Gasteiger charge is -2.05. The van der Waals surface area contributed by atoms with Crippen LogP contribution in [0.25, 0.3) is 0 Å². The van der Waals surface area contributed by atoms with Gasteiger partial charge in [0.25, 0.3) is 0 Å². The molecule has 0 fully saturated rings. The van der Waals surface area contributed by atoms with Gasteiger partial charge in [-0.25, -0.2) is 0 Å². The molecule has 0 unspecified atom stereocenters. The van der Waals surface area contributed by atoms with Crippen LogP contribution in [0.4, 0.5) is 5.69 Å². The quantitative estimate of drug-likeness (QED) is 0.501. The standard InChI is InChI=1S/C8H12N2O2.ClH/c9-10-7-2-1-3-8(6-7)12-5-4-11;/h1-3,6,10-11H,4-5,9H2;1H. The molecule has 0 spiro atoms. The van der Waals surface area contributed by atoms with Gasteiger partial charge in [-0.15, -0.1) is 12.4 Å². The van der Waals surface area contributed by atoms with E-state index in [4.69, 9.17) is 15.7 Å². The molecule has 0 saturated heterocycles. The van der Waals surface area contributed by atoms with E-state index in [0.29, 0.717) is 12.4 Å². The van der Waals surface area contributed by atoms with Crippen LogP contribution >= 0.6 is 12.4 Å². The van der Waals surface area contributed by atoms with Gasteiger partial charge in [0.2, 0.25) is 0 Å². The fourth-order valence-corrected chi connectivity index (χ4v) is 0.839. The summed E-state index contributed by atoms with van der Waals surface area (Å²) in [7, 11) is 0. The number of nitrogens with two attached hydrogens (primary N) is 1. The molecular weight excluding hydrogens is 192 g/mol. The molecule has 0 amide bonds. The number of nitrogen functional groups attached to an aromatic ring is 1. The van der Waals surface area contributed by atoms with Gasteiger partial charge in [0.1, 0.15) is 12.4 Å². The highest BCUT2D eigenvalue weighted by Crippen LogP contribution is 2.15. The minimum absolute atomic E-state index is 0. The molecule has 5 heteroatoms. The zero-order chi connectivity index (χ0) is 8.81. The Hall–Kier alpha value is -0.970. The molecule has 0 aliphatic rings. The SMILES string of the molecule is Cl.NNc1cccc(OCCO)c1. The first-order valence-corrected chi connectivity index (χ1v) is 3.67. The van der Waals surface area contributed by atoms with Gasteiger partial charge in [-0.05, 0) is 12.1 Å². The van der Waals surface area contributed by atoms with Crippen LogP contribution in [-0.2, 0) is 0 Å². The second kappa shape index (κ2) is 6.54. The van der Waals surface area contributed by atoms with Crippen molar-refractivity contribution in [3.8, 4) is 5.75 Å². The normalized spacial score (nSPS) is 8.77. The molecule has 13 heavy (non-hydrogen) atoms. The fourth-order valence-electron chi connectivity index (χ4n) is 0.839. The van der Waals surface area contributed by atoms with Crippen LogP contribution in [0.2, 0.25) is 0 Å². The minimum atomic E-state index is 0. The number of benzene rings is 1. The van der Waals surface area contributed by atoms with Crippen molar-refractivity contribution in [2.75, 3.05) is 18.6 Å². The van der Waals surface area contributed by atoms with Gasteiger partial charge >= 0.3 is 0 Å². The Morgan fingerprint density at radius 1 is 1.46 bits per heavy atom. The Morgan fingerprint density at radius 2 is 2.23 bits per heavy atom. The molecule has 0 atom stereocenters. The van der Waals surface area contributed by atoms with Crippen LogP contribution in [-0.4, -0.2) is 18.3 Å². The fraction of sp³-hybridized carbons (Fsp3) is 0.250. The van der Waals surface area contributed by atoms with E-state index in [-0.39, 0.29) is 19.0 Å². The van der Waals surface area contributed by atoms with Crippen molar-refractivity contribution in [1.29, 1.82) is 0 Å². The highest BCUT2D eigenvalue weighted by molar-refractivity contribution is 5.85. The first-order valence-electron chi connectivity index (χ1n) is 3.67.